The number of nitrogens with one attached hydrogen (secondary N) is 1. The second kappa shape index (κ2) is 7.23. The van der Waals surface area contributed by atoms with E-state index in [1.54, 1.807) is 16.6 Å². The molecule has 0 atom stereocenters. The quantitative estimate of drug-likeness (QED) is 0.758. The Kier molecular flexibility index (Phi) is 4.77. The number of aromatic nitrogens is 2. The average molecular weight is 433 g/mol. The lowest BCUT2D eigenvalue weighted by molar-refractivity contribution is -0.0205. The van der Waals surface area contributed by atoms with E-state index in [9.17, 15) is 14.4 Å². The number of carbonyl (C=O) groups is 1. The van der Waals surface area contributed by atoms with Gasteiger partial charge in [0.25, 0.3) is 5.56 Å². The van der Waals surface area contributed by atoms with Crippen LogP contribution in [0.3, 0.4) is 0 Å². The molecule has 0 unspecified atom stereocenters. The summed E-state index contributed by atoms with van der Waals surface area (Å²) in [6.45, 7) is 4.50. The van der Waals surface area contributed by atoms with Crippen LogP contribution in [0, 0.1) is 12.3 Å². The van der Waals surface area contributed by atoms with Crippen molar-refractivity contribution in [3.63, 3.8) is 0 Å². The number of thiophene rings is 1. The maximum absolute atomic E-state index is 13.5. The van der Waals surface area contributed by atoms with Gasteiger partial charge in [0.2, 0.25) is 0 Å². The minimum absolute atomic E-state index is 0.00407. The van der Waals surface area contributed by atoms with Gasteiger partial charge in [-0.05, 0) is 43.6 Å². The van der Waals surface area contributed by atoms with Crippen molar-refractivity contribution in [1.29, 1.82) is 0 Å². The van der Waals surface area contributed by atoms with E-state index in [-0.39, 0.29) is 23.3 Å². The van der Waals surface area contributed by atoms with Crippen LogP contribution in [0.4, 0.5) is 4.79 Å². The van der Waals surface area contributed by atoms with Gasteiger partial charge in [-0.1, -0.05) is 6.42 Å². The van der Waals surface area contributed by atoms with Crippen molar-refractivity contribution in [3.8, 4) is 0 Å². The maximum Gasteiger partial charge on any atom is 0.332 e. The van der Waals surface area contributed by atoms with Crippen LogP contribution in [0.2, 0.25) is 0 Å². The maximum atomic E-state index is 13.5. The molecule has 30 heavy (non-hydrogen) atoms. The Bertz CT molecular complexity index is 1120. The summed E-state index contributed by atoms with van der Waals surface area (Å²) in [4.78, 5) is 42.3. The van der Waals surface area contributed by atoms with Gasteiger partial charge >= 0.3 is 11.7 Å². The predicted molar refractivity (Wildman–Crippen MR) is 115 cm³/mol. The number of urea groups is 1. The molecule has 2 aromatic rings. The third kappa shape index (κ3) is 2.93. The van der Waals surface area contributed by atoms with Gasteiger partial charge in [-0.25, -0.2) is 9.59 Å². The molecule has 5 rings (SSSR count). The van der Waals surface area contributed by atoms with Crippen molar-refractivity contribution < 1.29 is 9.53 Å². The van der Waals surface area contributed by atoms with Crippen molar-refractivity contribution in [2.45, 2.75) is 58.2 Å². The largest absolute Gasteiger partial charge is 0.383 e. The number of ether oxygens (including phenoxy) is 1. The summed E-state index contributed by atoms with van der Waals surface area (Å²) in [5, 5.41) is 3.44. The number of nitrogens with zero attached hydrogens (tertiary/aromatic N) is 3. The van der Waals surface area contributed by atoms with Gasteiger partial charge in [0.15, 0.2) is 0 Å². The number of hydrogen-bond acceptors (Lipinski definition) is 5. The normalized spacial score (nSPS) is 20.6. The number of hydrogen-bond donors (Lipinski definition) is 1. The van der Waals surface area contributed by atoms with E-state index in [0.717, 1.165) is 23.3 Å². The first-order chi connectivity index (χ1) is 14.4. The zero-order valence-corrected chi connectivity index (χ0v) is 18.3. The summed E-state index contributed by atoms with van der Waals surface area (Å²) in [6, 6.07) is -0.0862. The van der Waals surface area contributed by atoms with Gasteiger partial charge in [0, 0.05) is 31.1 Å². The van der Waals surface area contributed by atoms with E-state index in [2.05, 4.69) is 5.32 Å². The van der Waals surface area contributed by atoms with Crippen LogP contribution < -0.4 is 16.6 Å². The van der Waals surface area contributed by atoms with E-state index in [0.29, 0.717) is 48.4 Å². The molecule has 2 amide bonds. The number of aryl methyl sites for hydroxylation is 1. The summed E-state index contributed by atoms with van der Waals surface area (Å²) in [5.74, 6) is 0. The van der Waals surface area contributed by atoms with E-state index in [1.807, 2.05) is 6.92 Å². The first-order valence-electron chi connectivity index (χ1n) is 10.7. The molecule has 2 saturated carbocycles. The van der Waals surface area contributed by atoms with Crippen molar-refractivity contribution in [2.75, 3.05) is 26.8 Å². The summed E-state index contributed by atoms with van der Waals surface area (Å²) in [6.07, 6.45) is 5.56. The molecule has 162 valence electrons. The lowest BCUT2D eigenvalue weighted by atomic mass is 9.54. The van der Waals surface area contributed by atoms with Crippen molar-refractivity contribution in [3.05, 3.63) is 31.3 Å². The Labute approximate surface area is 178 Å². The Balaban J connectivity index is 1.60. The van der Waals surface area contributed by atoms with Crippen LogP contribution in [-0.4, -0.2) is 46.9 Å². The number of rotatable bonds is 6. The van der Waals surface area contributed by atoms with Gasteiger partial charge in [-0.2, -0.15) is 0 Å². The molecule has 1 saturated heterocycles. The zero-order valence-electron chi connectivity index (χ0n) is 17.5. The third-order valence-electron chi connectivity index (χ3n) is 7.26. The van der Waals surface area contributed by atoms with Crippen molar-refractivity contribution >= 4 is 27.6 Å². The first kappa shape index (κ1) is 19.8. The van der Waals surface area contributed by atoms with Gasteiger partial charge in [-0.3, -0.25) is 13.9 Å². The van der Waals surface area contributed by atoms with Crippen LogP contribution >= 0.6 is 11.3 Å². The third-order valence-corrected chi connectivity index (χ3v) is 8.56. The first-order valence-corrected chi connectivity index (χ1v) is 11.5. The molecule has 0 aromatic carbocycles. The monoisotopic (exact) mass is 432 g/mol. The molecule has 3 heterocycles. The van der Waals surface area contributed by atoms with Crippen LogP contribution in [0.1, 0.15) is 48.6 Å². The van der Waals surface area contributed by atoms with Gasteiger partial charge in [0.05, 0.1) is 25.1 Å². The highest BCUT2D eigenvalue weighted by molar-refractivity contribution is 7.18. The number of methoxy groups -OCH3 is 1. The minimum atomic E-state index is -0.226. The number of fused-ring (bicyclic) bond motifs is 1. The van der Waals surface area contributed by atoms with E-state index >= 15 is 0 Å². The highest BCUT2D eigenvalue weighted by Gasteiger charge is 2.49. The average Bonchev–Trinajstić information content (AvgIpc) is 3.19. The topological polar surface area (TPSA) is 85.6 Å². The summed E-state index contributed by atoms with van der Waals surface area (Å²) in [7, 11) is 1.61. The lowest BCUT2D eigenvalue weighted by Crippen LogP contribution is -2.51. The van der Waals surface area contributed by atoms with Gasteiger partial charge in [0.1, 0.15) is 4.83 Å². The number of amides is 2. The fourth-order valence-corrected chi connectivity index (χ4v) is 6.64. The van der Waals surface area contributed by atoms with Crippen LogP contribution in [0.5, 0.6) is 0 Å². The molecule has 8 nitrogen and oxygen atoms in total. The molecular weight excluding hydrogens is 404 g/mol. The summed E-state index contributed by atoms with van der Waals surface area (Å²) < 4.78 is 8.45. The molecular formula is C21H28N4O4S. The van der Waals surface area contributed by atoms with Crippen LogP contribution in [0.15, 0.2) is 9.59 Å². The fraction of sp³-hybridized carbons (Fsp3) is 0.667. The van der Waals surface area contributed by atoms with Gasteiger partial charge < -0.3 is 15.0 Å². The van der Waals surface area contributed by atoms with E-state index in [1.165, 1.54) is 35.2 Å². The Morgan fingerprint density at radius 2 is 2.00 bits per heavy atom. The molecule has 2 aliphatic carbocycles. The standard InChI is InChI=1S/C21H28N4O4S/c1-13-15(12-23-7-6-22-19(23)27)30-18-16(13)17(26)25(20(28)24(18)8-9-29-2)14-10-21(11-14)4-3-5-21/h14H,3-12H2,1-2H3,(H,22,27). The molecule has 1 spiro atoms. The lowest BCUT2D eigenvalue weighted by Gasteiger charge is -2.54. The molecule has 1 N–H and O–H groups in total. The highest BCUT2D eigenvalue weighted by Crippen LogP contribution is 2.59. The van der Waals surface area contributed by atoms with Crippen LogP contribution in [0.25, 0.3) is 10.2 Å². The summed E-state index contributed by atoms with van der Waals surface area (Å²) in [5.41, 5.74) is 0.863. The minimum Gasteiger partial charge on any atom is -0.383 e. The van der Waals surface area contributed by atoms with Crippen molar-refractivity contribution in [2.24, 2.45) is 5.41 Å². The molecule has 0 radical (unpaired) electrons. The smallest absolute Gasteiger partial charge is 0.332 e. The van der Waals surface area contributed by atoms with Crippen molar-refractivity contribution in [1.82, 2.24) is 19.4 Å². The molecule has 3 aliphatic rings. The molecule has 2 aromatic heterocycles. The second-order valence-electron chi connectivity index (χ2n) is 9.00. The Morgan fingerprint density at radius 3 is 2.60 bits per heavy atom. The van der Waals surface area contributed by atoms with E-state index < -0.39 is 0 Å². The van der Waals surface area contributed by atoms with E-state index in [4.69, 9.17) is 4.74 Å². The predicted octanol–water partition coefficient (Wildman–Crippen LogP) is 2.21. The Hall–Kier alpha value is -2.13. The van der Waals surface area contributed by atoms with Crippen LogP contribution in [-0.2, 0) is 17.8 Å². The zero-order chi connectivity index (χ0) is 21.0. The molecule has 3 fully saturated rings. The molecule has 1 aliphatic heterocycles. The highest BCUT2D eigenvalue weighted by atomic mass is 32.1. The second-order valence-corrected chi connectivity index (χ2v) is 10.1. The summed E-state index contributed by atoms with van der Waals surface area (Å²) >= 11 is 1.45. The fourth-order valence-electron chi connectivity index (χ4n) is 5.31. The number of carbonyl (C=O) groups excluding carboxylic acids is 1. The Morgan fingerprint density at radius 1 is 1.23 bits per heavy atom. The SMILES string of the molecule is COCCn1c(=O)n(C2CC3(CCC3)C2)c(=O)c2c(C)c(CN3CCNC3=O)sc21. The molecule has 9 heteroatoms. The molecule has 0 bridgehead atoms. The van der Waals surface area contributed by atoms with Gasteiger partial charge in [-0.15, -0.1) is 11.3 Å².